The van der Waals surface area contributed by atoms with Gasteiger partial charge in [-0.3, -0.25) is 9.59 Å². The highest BCUT2D eigenvalue weighted by Gasteiger charge is 2.23. The smallest absolute Gasteiger partial charge is 0.272 e. The van der Waals surface area contributed by atoms with Crippen LogP contribution in [-0.2, 0) is 0 Å². The average molecular weight is 343 g/mol. The molecule has 0 radical (unpaired) electrons. The van der Waals surface area contributed by atoms with Crippen molar-refractivity contribution in [3.05, 3.63) is 75.7 Å². The van der Waals surface area contributed by atoms with E-state index in [1.807, 2.05) is 0 Å². The molecule has 128 valence electrons. The molecule has 5 nitrogen and oxygen atoms in total. The van der Waals surface area contributed by atoms with E-state index in [-0.39, 0.29) is 22.4 Å². The summed E-state index contributed by atoms with van der Waals surface area (Å²) in [6.45, 7) is 1.70. The van der Waals surface area contributed by atoms with Crippen LogP contribution in [0.2, 0.25) is 0 Å². The molecule has 1 aromatic heterocycles. The van der Waals surface area contributed by atoms with E-state index in [1.54, 1.807) is 44.3 Å². The average Bonchev–Trinajstić information content (AvgIpc) is 2.62. The molecule has 1 unspecified atom stereocenters. The summed E-state index contributed by atoms with van der Waals surface area (Å²) in [5.41, 5.74) is 0.143. The maximum absolute atomic E-state index is 13.7. The number of fused-ring (bicyclic) bond motifs is 1. The molecule has 0 aliphatic heterocycles. The zero-order valence-corrected chi connectivity index (χ0v) is 13.6. The first-order valence-electron chi connectivity index (χ1n) is 7.59. The lowest BCUT2D eigenvalue weighted by Crippen LogP contribution is -2.31. The summed E-state index contributed by atoms with van der Waals surface area (Å²) in [5.74, 6) is -2.45. The third-order valence-corrected chi connectivity index (χ3v) is 4.18. The molecule has 0 bridgehead atoms. The van der Waals surface area contributed by atoms with Gasteiger partial charge in [-0.2, -0.15) is 5.10 Å². The Labute approximate surface area is 141 Å². The number of aromatic nitrogens is 2. The van der Waals surface area contributed by atoms with Gasteiger partial charge in [-0.15, -0.1) is 0 Å². The van der Waals surface area contributed by atoms with Gasteiger partial charge in [-0.1, -0.05) is 18.2 Å². The van der Waals surface area contributed by atoms with Gasteiger partial charge < -0.3 is 4.90 Å². The summed E-state index contributed by atoms with van der Waals surface area (Å²) in [6, 6.07) is 9.85. The van der Waals surface area contributed by atoms with Crippen molar-refractivity contribution in [2.45, 2.75) is 13.0 Å². The molecule has 2 aromatic carbocycles. The number of aromatic amines is 1. The third-order valence-electron chi connectivity index (χ3n) is 4.18. The van der Waals surface area contributed by atoms with Crippen LogP contribution in [-0.4, -0.2) is 28.1 Å². The minimum Gasteiger partial charge on any atom is -0.333 e. The van der Waals surface area contributed by atoms with Gasteiger partial charge in [0.1, 0.15) is 0 Å². The van der Waals surface area contributed by atoms with Crippen molar-refractivity contribution >= 4 is 16.7 Å². The van der Waals surface area contributed by atoms with Gasteiger partial charge in [0.2, 0.25) is 0 Å². The summed E-state index contributed by atoms with van der Waals surface area (Å²) < 4.78 is 27.1. The van der Waals surface area contributed by atoms with Crippen LogP contribution in [0.3, 0.4) is 0 Å². The maximum Gasteiger partial charge on any atom is 0.272 e. The molecule has 3 aromatic rings. The number of benzene rings is 2. The monoisotopic (exact) mass is 343 g/mol. The number of H-pyrrole nitrogens is 1. The molecule has 1 amide bonds. The Bertz CT molecular complexity index is 1000. The van der Waals surface area contributed by atoms with Gasteiger partial charge in [-0.05, 0) is 31.2 Å². The molecule has 25 heavy (non-hydrogen) atoms. The van der Waals surface area contributed by atoms with Crippen LogP contribution in [0.25, 0.3) is 10.8 Å². The van der Waals surface area contributed by atoms with Gasteiger partial charge in [0.25, 0.3) is 11.5 Å². The van der Waals surface area contributed by atoms with Crippen LogP contribution in [0, 0.1) is 11.6 Å². The molecule has 0 saturated carbocycles. The second-order valence-corrected chi connectivity index (χ2v) is 5.71. The molecule has 3 rings (SSSR count). The van der Waals surface area contributed by atoms with Crippen molar-refractivity contribution in [1.29, 1.82) is 0 Å². The summed E-state index contributed by atoms with van der Waals surface area (Å²) in [7, 11) is 1.58. The van der Waals surface area contributed by atoms with Crippen molar-refractivity contribution in [2.75, 3.05) is 7.05 Å². The first-order chi connectivity index (χ1) is 11.9. The van der Waals surface area contributed by atoms with Crippen molar-refractivity contribution in [1.82, 2.24) is 15.1 Å². The number of carbonyl (C=O) groups excluding carboxylic acids is 1. The van der Waals surface area contributed by atoms with Gasteiger partial charge in [0, 0.05) is 18.0 Å². The van der Waals surface area contributed by atoms with Crippen molar-refractivity contribution in [3.8, 4) is 0 Å². The first-order valence-corrected chi connectivity index (χ1v) is 7.59. The highest BCUT2D eigenvalue weighted by atomic mass is 19.2. The number of hydrogen-bond acceptors (Lipinski definition) is 3. The SMILES string of the molecule is CC(c1n[nH]c(=O)c2cc(F)c(F)cc12)N(C)C(=O)c1ccccc1. The Balaban J connectivity index is 2.07. The number of nitrogens with zero attached hydrogens (tertiary/aromatic N) is 2. The quantitative estimate of drug-likeness (QED) is 0.795. The molecule has 1 atom stereocenters. The minimum atomic E-state index is -1.11. The minimum absolute atomic E-state index is 0.0173. The second kappa shape index (κ2) is 6.43. The lowest BCUT2D eigenvalue weighted by molar-refractivity contribution is 0.0740. The second-order valence-electron chi connectivity index (χ2n) is 5.71. The number of halogens is 2. The first kappa shape index (κ1) is 16.8. The fraction of sp³-hybridized carbons (Fsp3) is 0.167. The summed E-state index contributed by atoms with van der Waals surface area (Å²) in [4.78, 5) is 25.9. The number of nitrogens with one attached hydrogen (secondary N) is 1. The zero-order chi connectivity index (χ0) is 18.1. The van der Waals surface area contributed by atoms with Crippen LogP contribution in [0.5, 0.6) is 0 Å². The molecule has 0 fully saturated rings. The van der Waals surface area contributed by atoms with E-state index in [0.29, 0.717) is 5.56 Å². The molecule has 0 saturated heterocycles. The van der Waals surface area contributed by atoms with Gasteiger partial charge in [0.15, 0.2) is 11.6 Å². The van der Waals surface area contributed by atoms with Gasteiger partial charge in [0.05, 0.1) is 17.1 Å². The van der Waals surface area contributed by atoms with E-state index < -0.39 is 23.2 Å². The van der Waals surface area contributed by atoms with Gasteiger partial charge >= 0.3 is 0 Å². The van der Waals surface area contributed by atoms with Crippen molar-refractivity contribution in [2.24, 2.45) is 0 Å². The number of rotatable bonds is 3. The lowest BCUT2D eigenvalue weighted by Gasteiger charge is -2.25. The predicted octanol–water partition coefficient (Wildman–Crippen LogP) is 3.03. The topological polar surface area (TPSA) is 66.1 Å². The van der Waals surface area contributed by atoms with E-state index in [9.17, 15) is 18.4 Å². The van der Waals surface area contributed by atoms with E-state index in [0.717, 1.165) is 12.1 Å². The van der Waals surface area contributed by atoms with Gasteiger partial charge in [-0.25, -0.2) is 13.9 Å². The fourth-order valence-corrected chi connectivity index (χ4v) is 2.64. The molecule has 0 aliphatic carbocycles. The predicted molar refractivity (Wildman–Crippen MR) is 89.2 cm³/mol. The highest BCUT2D eigenvalue weighted by molar-refractivity contribution is 5.94. The van der Waals surface area contributed by atoms with Crippen LogP contribution in [0.15, 0.2) is 47.3 Å². The summed E-state index contributed by atoms with van der Waals surface area (Å²) in [5, 5.41) is 6.38. The normalized spacial score (nSPS) is 12.2. The Hall–Kier alpha value is -3.09. The van der Waals surface area contributed by atoms with Crippen molar-refractivity contribution in [3.63, 3.8) is 0 Å². The van der Waals surface area contributed by atoms with E-state index >= 15 is 0 Å². The highest BCUT2D eigenvalue weighted by Crippen LogP contribution is 2.26. The Kier molecular flexibility index (Phi) is 4.31. The largest absolute Gasteiger partial charge is 0.333 e. The Morgan fingerprint density at radius 2 is 1.72 bits per heavy atom. The number of hydrogen-bond donors (Lipinski definition) is 1. The third kappa shape index (κ3) is 3.00. The maximum atomic E-state index is 13.7. The molecule has 0 aliphatic rings. The zero-order valence-electron chi connectivity index (χ0n) is 13.6. The standard InChI is InChI=1S/C18H15F2N3O2/c1-10(23(2)18(25)11-6-4-3-5-7-11)16-12-8-14(19)15(20)9-13(12)17(24)22-21-16/h3-10H,1-2H3,(H,22,24). The van der Waals surface area contributed by atoms with E-state index in [1.165, 1.54) is 4.90 Å². The molecular formula is C18H15F2N3O2. The fourth-order valence-electron chi connectivity index (χ4n) is 2.64. The molecule has 1 heterocycles. The van der Waals surface area contributed by atoms with Crippen LogP contribution in [0.4, 0.5) is 8.78 Å². The Morgan fingerprint density at radius 1 is 1.12 bits per heavy atom. The van der Waals surface area contributed by atoms with Crippen molar-refractivity contribution < 1.29 is 13.6 Å². The van der Waals surface area contributed by atoms with Crippen LogP contribution in [0.1, 0.15) is 29.0 Å². The number of carbonyl (C=O) groups is 1. The molecule has 1 N–H and O–H groups in total. The van der Waals surface area contributed by atoms with E-state index in [2.05, 4.69) is 10.2 Å². The van der Waals surface area contributed by atoms with Crippen LogP contribution < -0.4 is 5.56 Å². The van der Waals surface area contributed by atoms with E-state index in [4.69, 9.17) is 0 Å². The number of amides is 1. The summed E-state index contributed by atoms with van der Waals surface area (Å²) in [6.07, 6.45) is 0. The lowest BCUT2D eigenvalue weighted by atomic mass is 10.0. The molecule has 0 spiro atoms. The van der Waals surface area contributed by atoms with Crippen LogP contribution >= 0.6 is 0 Å². The Morgan fingerprint density at radius 3 is 2.36 bits per heavy atom. The molecular weight excluding hydrogens is 328 g/mol. The molecule has 7 heteroatoms. The summed E-state index contributed by atoms with van der Waals surface area (Å²) >= 11 is 0.